The lowest BCUT2D eigenvalue weighted by atomic mass is 10.1. The first-order chi connectivity index (χ1) is 13.7. The molecule has 142 valence electrons. The van der Waals surface area contributed by atoms with Gasteiger partial charge in [0.25, 0.3) is 0 Å². The molecule has 1 N–H and O–H groups in total. The quantitative estimate of drug-likeness (QED) is 0.560. The third kappa shape index (κ3) is 3.34. The Labute approximate surface area is 162 Å². The highest BCUT2D eigenvalue weighted by Gasteiger charge is 2.14. The summed E-state index contributed by atoms with van der Waals surface area (Å²) in [5.41, 5.74) is 2.75. The third-order valence-corrected chi connectivity index (χ3v) is 4.70. The highest BCUT2D eigenvalue weighted by molar-refractivity contribution is 5.60. The second-order valence-corrected chi connectivity index (χ2v) is 6.43. The lowest BCUT2D eigenvalue weighted by Crippen LogP contribution is -2.26. The molecule has 7 nitrogen and oxygen atoms in total. The van der Waals surface area contributed by atoms with Crippen molar-refractivity contribution in [1.82, 2.24) is 24.3 Å². The van der Waals surface area contributed by atoms with Gasteiger partial charge in [-0.1, -0.05) is 12.1 Å². The van der Waals surface area contributed by atoms with Crippen LogP contribution in [0, 0.1) is 0 Å². The van der Waals surface area contributed by atoms with Crippen LogP contribution in [0.2, 0.25) is 0 Å². The standard InChI is InChI=1S/C21H21N5O2/c1-3-28-19-6-4-5-16(11-19)15(2)25-9-10-26(21(25)27)20-8-7-17(12-22-20)18-13-23-24-14-18/h4-15H,3H2,1-2H3,(H,23,24). The molecule has 0 bridgehead atoms. The van der Waals surface area contributed by atoms with E-state index in [4.69, 9.17) is 4.74 Å². The molecule has 7 heteroatoms. The number of H-pyrrole nitrogens is 1. The maximum atomic E-state index is 12.9. The highest BCUT2D eigenvalue weighted by atomic mass is 16.5. The van der Waals surface area contributed by atoms with Crippen LogP contribution in [0.4, 0.5) is 0 Å². The average Bonchev–Trinajstić information content (AvgIpc) is 3.38. The van der Waals surface area contributed by atoms with Crippen molar-refractivity contribution in [3.63, 3.8) is 0 Å². The van der Waals surface area contributed by atoms with E-state index < -0.39 is 0 Å². The second-order valence-electron chi connectivity index (χ2n) is 6.43. The Morgan fingerprint density at radius 2 is 2.04 bits per heavy atom. The van der Waals surface area contributed by atoms with Crippen molar-refractivity contribution in [2.45, 2.75) is 19.9 Å². The zero-order valence-corrected chi connectivity index (χ0v) is 15.7. The summed E-state index contributed by atoms with van der Waals surface area (Å²) in [6.45, 7) is 4.55. The average molecular weight is 375 g/mol. The summed E-state index contributed by atoms with van der Waals surface area (Å²) in [5, 5.41) is 6.72. The molecule has 0 aliphatic rings. The fourth-order valence-corrected chi connectivity index (χ4v) is 3.16. The molecule has 4 rings (SSSR count). The number of ether oxygens (including phenoxy) is 1. The van der Waals surface area contributed by atoms with Crippen molar-refractivity contribution in [2.24, 2.45) is 0 Å². The van der Waals surface area contributed by atoms with Crippen LogP contribution in [-0.2, 0) is 0 Å². The zero-order chi connectivity index (χ0) is 19.5. The fraction of sp³-hybridized carbons (Fsp3) is 0.190. The number of imidazole rings is 1. The van der Waals surface area contributed by atoms with Gasteiger partial charge < -0.3 is 4.74 Å². The Hall–Kier alpha value is -3.61. The maximum absolute atomic E-state index is 12.9. The molecule has 0 radical (unpaired) electrons. The molecule has 1 unspecified atom stereocenters. The number of hydrogen-bond acceptors (Lipinski definition) is 4. The Bertz CT molecular complexity index is 1110. The van der Waals surface area contributed by atoms with Gasteiger partial charge in [-0.15, -0.1) is 0 Å². The first kappa shape index (κ1) is 17.8. The van der Waals surface area contributed by atoms with Crippen molar-refractivity contribution in [2.75, 3.05) is 6.61 Å². The number of pyridine rings is 1. The molecule has 4 aromatic rings. The number of benzene rings is 1. The molecule has 0 spiro atoms. The lowest BCUT2D eigenvalue weighted by Gasteiger charge is -2.14. The van der Waals surface area contributed by atoms with Crippen LogP contribution in [0.15, 0.2) is 72.2 Å². The van der Waals surface area contributed by atoms with Gasteiger partial charge in [0.05, 0.1) is 18.8 Å². The van der Waals surface area contributed by atoms with E-state index in [1.807, 2.05) is 50.2 Å². The van der Waals surface area contributed by atoms with Gasteiger partial charge in [-0.25, -0.2) is 9.78 Å². The van der Waals surface area contributed by atoms with Crippen molar-refractivity contribution < 1.29 is 4.74 Å². The largest absolute Gasteiger partial charge is 0.494 e. The van der Waals surface area contributed by atoms with Gasteiger partial charge in [0.2, 0.25) is 0 Å². The number of rotatable bonds is 6. The van der Waals surface area contributed by atoms with Crippen LogP contribution in [0.3, 0.4) is 0 Å². The van der Waals surface area contributed by atoms with Gasteiger partial charge in [-0.3, -0.25) is 14.2 Å². The SMILES string of the molecule is CCOc1cccc(C(C)n2ccn(-c3ccc(-c4cn[nH]c4)cn3)c2=O)c1. The van der Waals surface area contributed by atoms with Gasteiger partial charge in [-0.05, 0) is 43.7 Å². The lowest BCUT2D eigenvalue weighted by molar-refractivity contribution is 0.339. The van der Waals surface area contributed by atoms with Crippen LogP contribution in [0.1, 0.15) is 25.5 Å². The van der Waals surface area contributed by atoms with E-state index in [-0.39, 0.29) is 11.7 Å². The molecular weight excluding hydrogens is 354 g/mol. The van der Waals surface area contributed by atoms with Gasteiger partial charge in [0, 0.05) is 35.9 Å². The van der Waals surface area contributed by atoms with Crippen LogP contribution in [-0.4, -0.2) is 30.9 Å². The normalized spacial score (nSPS) is 12.1. The summed E-state index contributed by atoms with van der Waals surface area (Å²) >= 11 is 0. The molecule has 0 aliphatic carbocycles. The Kier molecular flexibility index (Phi) is 4.80. The number of hydrogen-bond donors (Lipinski definition) is 1. The van der Waals surface area contributed by atoms with E-state index in [2.05, 4.69) is 15.2 Å². The minimum absolute atomic E-state index is 0.126. The zero-order valence-electron chi connectivity index (χ0n) is 15.7. The molecule has 3 heterocycles. The minimum atomic E-state index is -0.141. The molecule has 1 aromatic carbocycles. The van der Waals surface area contributed by atoms with Crippen molar-refractivity contribution in [3.05, 3.63) is 83.4 Å². The monoisotopic (exact) mass is 375 g/mol. The topological polar surface area (TPSA) is 77.7 Å². The second kappa shape index (κ2) is 7.56. The summed E-state index contributed by atoms with van der Waals surface area (Å²) in [6.07, 6.45) is 8.80. The molecule has 0 amide bonds. The van der Waals surface area contributed by atoms with Crippen LogP contribution in [0.25, 0.3) is 16.9 Å². The number of nitrogens with zero attached hydrogens (tertiary/aromatic N) is 4. The van der Waals surface area contributed by atoms with Crippen molar-refractivity contribution in [3.8, 4) is 22.7 Å². The van der Waals surface area contributed by atoms with E-state index in [0.717, 1.165) is 22.4 Å². The highest BCUT2D eigenvalue weighted by Crippen LogP contribution is 2.22. The van der Waals surface area contributed by atoms with Gasteiger partial charge in [-0.2, -0.15) is 5.10 Å². The Balaban J connectivity index is 1.62. The summed E-state index contributed by atoms with van der Waals surface area (Å²) in [7, 11) is 0. The van der Waals surface area contributed by atoms with Gasteiger partial charge >= 0.3 is 5.69 Å². The van der Waals surface area contributed by atoms with E-state index in [1.165, 1.54) is 0 Å². The first-order valence-corrected chi connectivity index (χ1v) is 9.15. The molecule has 0 saturated heterocycles. The predicted molar refractivity (Wildman–Crippen MR) is 107 cm³/mol. The molecule has 0 fully saturated rings. The summed E-state index contributed by atoms with van der Waals surface area (Å²) in [6, 6.07) is 11.4. The molecule has 0 aliphatic heterocycles. The third-order valence-electron chi connectivity index (χ3n) is 4.70. The van der Waals surface area contributed by atoms with Gasteiger partial charge in [0.1, 0.15) is 11.6 Å². The van der Waals surface area contributed by atoms with Crippen LogP contribution in [0.5, 0.6) is 5.75 Å². The smallest absolute Gasteiger partial charge is 0.334 e. The summed E-state index contributed by atoms with van der Waals surface area (Å²) in [5.74, 6) is 1.38. The minimum Gasteiger partial charge on any atom is -0.494 e. The van der Waals surface area contributed by atoms with E-state index >= 15 is 0 Å². The van der Waals surface area contributed by atoms with Crippen molar-refractivity contribution >= 4 is 0 Å². The molecule has 0 saturated carbocycles. The molecular formula is C21H21N5O2. The van der Waals surface area contributed by atoms with E-state index in [1.54, 1.807) is 40.1 Å². The number of aromatic amines is 1. The maximum Gasteiger partial charge on any atom is 0.334 e. The molecule has 28 heavy (non-hydrogen) atoms. The van der Waals surface area contributed by atoms with Crippen LogP contribution >= 0.6 is 0 Å². The summed E-state index contributed by atoms with van der Waals surface area (Å²) < 4.78 is 8.80. The van der Waals surface area contributed by atoms with Crippen molar-refractivity contribution in [1.29, 1.82) is 0 Å². The molecule has 3 aromatic heterocycles. The predicted octanol–water partition coefficient (Wildman–Crippen LogP) is 3.43. The summed E-state index contributed by atoms with van der Waals surface area (Å²) in [4.78, 5) is 17.4. The van der Waals surface area contributed by atoms with Gasteiger partial charge in [0.15, 0.2) is 0 Å². The van der Waals surface area contributed by atoms with Crippen LogP contribution < -0.4 is 10.4 Å². The molecule has 1 atom stereocenters. The van der Waals surface area contributed by atoms with E-state index in [0.29, 0.717) is 12.4 Å². The Morgan fingerprint density at radius 1 is 1.14 bits per heavy atom. The fourth-order valence-electron chi connectivity index (χ4n) is 3.16. The number of aromatic nitrogens is 5. The Morgan fingerprint density at radius 3 is 2.75 bits per heavy atom. The first-order valence-electron chi connectivity index (χ1n) is 9.15. The van der Waals surface area contributed by atoms with E-state index in [9.17, 15) is 4.79 Å². The number of nitrogens with one attached hydrogen (secondary N) is 1.